The van der Waals surface area contributed by atoms with Crippen LogP contribution in [0.2, 0.25) is 0 Å². The van der Waals surface area contributed by atoms with Gasteiger partial charge in [-0.05, 0) is 0 Å². The van der Waals surface area contributed by atoms with Gasteiger partial charge in [0.25, 0.3) is 0 Å². The summed E-state index contributed by atoms with van der Waals surface area (Å²) in [5, 5.41) is 0. The Bertz CT molecular complexity index is 333. The molecular formula is C13H16O2Se. The molecule has 0 spiro atoms. The standard InChI is InChI=1S/C13H16O2Se/c1-2-3-4-8-11-15-13(14)16-12-9-6-5-7-10-12/h2-3,5-7,9-10H,4,8,11H2,1H3/b3-2+. The van der Waals surface area contributed by atoms with Crippen LogP contribution in [0.4, 0.5) is 4.79 Å². The summed E-state index contributed by atoms with van der Waals surface area (Å²) in [5.41, 5.74) is 0. The van der Waals surface area contributed by atoms with Gasteiger partial charge < -0.3 is 0 Å². The molecule has 0 heterocycles. The predicted molar refractivity (Wildman–Crippen MR) is 67.2 cm³/mol. The van der Waals surface area contributed by atoms with Gasteiger partial charge in [-0.25, -0.2) is 0 Å². The molecule has 0 aliphatic carbocycles. The Morgan fingerprint density at radius 2 is 2.12 bits per heavy atom. The van der Waals surface area contributed by atoms with Crippen molar-refractivity contribution in [3.8, 4) is 0 Å². The van der Waals surface area contributed by atoms with Gasteiger partial charge >= 0.3 is 103 Å². The van der Waals surface area contributed by atoms with Crippen LogP contribution in [0.15, 0.2) is 42.5 Å². The van der Waals surface area contributed by atoms with Crippen LogP contribution in [-0.2, 0) is 4.74 Å². The molecule has 0 N–H and O–H groups in total. The first-order valence-corrected chi connectivity index (χ1v) is 7.05. The zero-order valence-electron chi connectivity index (χ0n) is 9.39. The second-order valence-corrected chi connectivity index (χ2v) is 5.34. The monoisotopic (exact) mass is 284 g/mol. The molecule has 0 saturated carbocycles. The first-order valence-electron chi connectivity index (χ1n) is 5.33. The SMILES string of the molecule is C/C=C/CCCOC(=O)[Se]c1ccccc1. The topological polar surface area (TPSA) is 26.3 Å². The second-order valence-electron chi connectivity index (χ2n) is 3.22. The van der Waals surface area contributed by atoms with E-state index in [1.165, 1.54) is 0 Å². The van der Waals surface area contributed by atoms with Crippen LogP contribution >= 0.6 is 0 Å². The summed E-state index contributed by atoms with van der Waals surface area (Å²) < 4.78 is 6.21. The summed E-state index contributed by atoms with van der Waals surface area (Å²) in [7, 11) is 0. The van der Waals surface area contributed by atoms with Crippen molar-refractivity contribution in [2.75, 3.05) is 6.61 Å². The summed E-state index contributed by atoms with van der Waals surface area (Å²) in [4.78, 5) is 11.3. The summed E-state index contributed by atoms with van der Waals surface area (Å²) in [5.74, 6) is 0. The number of unbranched alkanes of at least 4 members (excludes halogenated alkanes) is 1. The molecule has 0 amide bonds. The average molecular weight is 283 g/mol. The Morgan fingerprint density at radius 3 is 2.81 bits per heavy atom. The van der Waals surface area contributed by atoms with Crippen molar-refractivity contribution in [2.45, 2.75) is 19.8 Å². The van der Waals surface area contributed by atoms with E-state index in [9.17, 15) is 4.79 Å². The molecule has 86 valence electrons. The molecule has 1 aromatic carbocycles. The van der Waals surface area contributed by atoms with Crippen LogP contribution in [0.5, 0.6) is 0 Å². The van der Waals surface area contributed by atoms with Gasteiger partial charge in [0.2, 0.25) is 0 Å². The fourth-order valence-electron chi connectivity index (χ4n) is 1.14. The van der Waals surface area contributed by atoms with Crippen molar-refractivity contribution in [2.24, 2.45) is 0 Å². The van der Waals surface area contributed by atoms with E-state index in [1.54, 1.807) is 0 Å². The van der Waals surface area contributed by atoms with E-state index in [0.717, 1.165) is 17.3 Å². The third kappa shape index (κ3) is 5.74. The molecule has 2 nitrogen and oxygen atoms in total. The van der Waals surface area contributed by atoms with Gasteiger partial charge in [0.15, 0.2) is 0 Å². The third-order valence-electron chi connectivity index (χ3n) is 1.92. The van der Waals surface area contributed by atoms with Gasteiger partial charge in [0, 0.05) is 0 Å². The van der Waals surface area contributed by atoms with Gasteiger partial charge in [-0.2, -0.15) is 0 Å². The molecule has 0 aliphatic heterocycles. The second kappa shape index (κ2) is 8.14. The van der Waals surface area contributed by atoms with Gasteiger partial charge in [-0.1, -0.05) is 0 Å². The summed E-state index contributed by atoms with van der Waals surface area (Å²) >= 11 is -0.206. The Kier molecular flexibility index (Phi) is 6.62. The molecule has 16 heavy (non-hydrogen) atoms. The molecule has 0 saturated heterocycles. The number of allylic oxidation sites excluding steroid dienone is 2. The van der Waals surface area contributed by atoms with Gasteiger partial charge in [0.05, 0.1) is 0 Å². The number of carbonyl (C=O) groups is 1. The normalized spacial score (nSPS) is 10.6. The van der Waals surface area contributed by atoms with Crippen LogP contribution in [0.25, 0.3) is 0 Å². The predicted octanol–water partition coefficient (Wildman–Crippen LogP) is 2.51. The molecule has 3 heteroatoms. The molecule has 0 aromatic heterocycles. The third-order valence-corrected chi connectivity index (χ3v) is 3.58. The van der Waals surface area contributed by atoms with Crippen LogP contribution in [0, 0.1) is 0 Å². The van der Waals surface area contributed by atoms with E-state index in [-0.39, 0.29) is 19.8 Å². The minimum atomic E-state index is -0.206. The van der Waals surface area contributed by atoms with E-state index in [1.807, 2.05) is 43.3 Å². The molecule has 0 atom stereocenters. The van der Waals surface area contributed by atoms with Crippen molar-refractivity contribution < 1.29 is 9.53 Å². The van der Waals surface area contributed by atoms with E-state index in [2.05, 4.69) is 6.08 Å². The van der Waals surface area contributed by atoms with Crippen molar-refractivity contribution in [1.29, 1.82) is 0 Å². The Morgan fingerprint density at radius 1 is 1.38 bits per heavy atom. The number of carbonyl (C=O) groups excluding carboxylic acids is 1. The zero-order valence-corrected chi connectivity index (χ0v) is 11.1. The molecule has 1 rings (SSSR count). The first kappa shape index (κ1) is 13.0. The molecule has 0 fully saturated rings. The summed E-state index contributed by atoms with van der Waals surface area (Å²) in [6.45, 7) is 2.52. The fraction of sp³-hybridized carbons (Fsp3) is 0.308. The molecule has 1 aromatic rings. The molecule has 0 unspecified atom stereocenters. The number of hydrogen-bond acceptors (Lipinski definition) is 2. The Hall–Kier alpha value is -1.05. The maximum absolute atomic E-state index is 11.4. The quantitative estimate of drug-likeness (QED) is 0.455. The van der Waals surface area contributed by atoms with E-state index < -0.39 is 0 Å². The van der Waals surface area contributed by atoms with Gasteiger partial charge in [-0.15, -0.1) is 0 Å². The molecule has 0 aliphatic rings. The van der Waals surface area contributed by atoms with Crippen molar-refractivity contribution in [1.82, 2.24) is 0 Å². The average Bonchev–Trinajstić information content (AvgIpc) is 2.30. The van der Waals surface area contributed by atoms with Crippen LogP contribution in [0.1, 0.15) is 19.8 Å². The van der Waals surface area contributed by atoms with Crippen LogP contribution < -0.4 is 4.46 Å². The van der Waals surface area contributed by atoms with Crippen LogP contribution in [0.3, 0.4) is 0 Å². The molecule has 0 bridgehead atoms. The number of ether oxygens (including phenoxy) is 1. The first-order chi connectivity index (χ1) is 7.83. The number of hydrogen-bond donors (Lipinski definition) is 0. The number of rotatable bonds is 6. The van der Waals surface area contributed by atoms with Gasteiger partial charge in [-0.3, -0.25) is 0 Å². The van der Waals surface area contributed by atoms with E-state index >= 15 is 0 Å². The Balaban J connectivity index is 2.16. The minimum absolute atomic E-state index is 0.0841. The Labute approximate surface area is 103 Å². The van der Waals surface area contributed by atoms with Crippen molar-refractivity contribution in [3.05, 3.63) is 42.5 Å². The zero-order chi connectivity index (χ0) is 11.6. The van der Waals surface area contributed by atoms with Crippen LogP contribution in [-0.4, -0.2) is 26.4 Å². The molecular weight excluding hydrogens is 267 g/mol. The van der Waals surface area contributed by atoms with Crippen molar-refractivity contribution >= 4 is 24.3 Å². The van der Waals surface area contributed by atoms with Crippen molar-refractivity contribution in [3.63, 3.8) is 0 Å². The summed E-state index contributed by atoms with van der Waals surface area (Å²) in [6, 6.07) is 9.75. The summed E-state index contributed by atoms with van der Waals surface area (Å²) in [6.07, 6.45) is 5.97. The molecule has 0 radical (unpaired) electrons. The van der Waals surface area contributed by atoms with Gasteiger partial charge in [0.1, 0.15) is 0 Å². The maximum atomic E-state index is 11.4. The number of benzene rings is 1. The van der Waals surface area contributed by atoms with E-state index in [4.69, 9.17) is 4.74 Å². The van der Waals surface area contributed by atoms with E-state index in [0.29, 0.717) is 6.61 Å². The fourth-order valence-corrected chi connectivity index (χ4v) is 2.46.